The number of nitrogens with zero attached hydrogens (tertiary/aromatic N) is 2. The van der Waals surface area contributed by atoms with Gasteiger partial charge in [-0.3, -0.25) is 9.69 Å². The summed E-state index contributed by atoms with van der Waals surface area (Å²) < 4.78 is 27.8. The molecule has 0 bridgehead atoms. The molecule has 0 spiro atoms. The van der Waals surface area contributed by atoms with Crippen molar-refractivity contribution in [1.82, 2.24) is 9.21 Å². The van der Waals surface area contributed by atoms with Gasteiger partial charge in [0.15, 0.2) is 0 Å². The van der Waals surface area contributed by atoms with Crippen molar-refractivity contribution >= 4 is 21.6 Å². The van der Waals surface area contributed by atoms with Gasteiger partial charge in [-0.1, -0.05) is 19.3 Å². The molecule has 2 atom stereocenters. The van der Waals surface area contributed by atoms with Crippen LogP contribution in [0.4, 0.5) is 5.69 Å². The molecule has 2 heterocycles. The van der Waals surface area contributed by atoms with Crippen molar-refractivity contribution in [3.8, 4) is 0 Å². The molecule has 2 aliphatic rings. The number of likely N-dealkylation sites (tertiary alicyclic amines) is 1. The topological polar surface area (TPSA) is 69.7 Å². The average molecular weight is 408 g/mol. The summed E-state index contributed by atoms with van der Waals surface area (Å²) in [6.45, 7) is 6.28. The molecule has 1 aromatic rings. The maximum atomic E-state index is 13.1. The van der Waals surface area contributed by atoms with E-state index in [9.17, 15) is 13.2 Å². The Labute approximate surface area is 169 Å². The number of hydrogen-bond acceptors (Lipinski definition) is 4. The van der Waals surface area contributed by atoms with E-state index in [2.05, 4.69) is 10.2 Å². The first-order valence-corrected chi connectivity index (χ1v) is 12.0. The molecule has 0 aliphatic carbocycles. The normalized spacial score (nSPS) is 25.2. The highest BCUT2D eigenvalue weighted by atomic mass is 32.2. The minimum Gasteiger partial charge on any atom is -0.325 e. The largest absolute Gasteiger partial charge is 0.325 e. The van der Waals surface area contributed by atoms with Gasteiger partial charge in [-0.15, -0.1) is 0 Å². The Kier molecular flexibility index (Phi) is 7.12. The maximum Gasteiger partial charge on any atom is 0.243 e. The van der Waals surface area contributed by atoms with Crippen LogP contribution in [0.25, 0.3) is 0 Å². The van der Waals surface area contributed by atoms with Gasteiger partial charge in [0.2, 0.25) is 15.9 Å². The van der Waals surface area contributed by atoms with Gasteiger partial charge < -0.3 is 5.32 Å². The van der Waals surface area contributed by atoms with Crippen molar-refractivity contribution in [3.63, 3.8) is 0 Å². The lowest BCUT2D eigenvalue weighted by Crippen LogP contribution is -2.47. The molecule has 0 aromatic heterocycles. The van der Waals surface area contributed by atoms with Crippen LogP contribution in [-0.2, 0) is 14.8 Å². The Morgan fingerprint density at radius 1 is 0.964 bits per heavy atom. The third-order valence-corrected chi connectivity index (χ3v) is 8.03. The molecule has 2 saturated heterocycles. The van der Waals surface area contributed by atoms with Gasteiger partial charge in [0, 0.05) is 17.8 Å². The van der Waals surface area contributed by atoms with Gasteiger partial charge in [-0.05, 0) is 76.9 Å². The van der Waals surface area contributed by atoms with Crippen molar-refractivity contribution in [2.24, 2.45) is 0 Å². The average Bonchev–Trinajstić information content (AvgIpc) is 2.90. The number of rotatable bonds is 5. The fourth-order valence-corrected chi connectivity index (χ4v) is 6.28. The number of nitrogens with one attached hydrogen (secondary N) is 1. The minimum atomic E-state index is -3.52. The number of carbonyl (C=O) groups is 1. The van der Waals surface area contributed by atoms with E-state index in [-0.39, 0.29) is 18.0 Å². The lowest BCUT2D eigenvalue weighted by molar-refractivity contribution is -0.117. The Bertz CT molecular complexity index is 746. The molecule has 28 heavy (non-hydrogen) atoms. The van der Waals surface area contributed by atoms with E-state index in [1.807, 2.05) is 13.8 Å². The van der Waals surface area contributed by atoms with E-state index in [0.717, 1.165) is 45.2 Å². The van der Waals surface area contributed by atoms with E-state index in [0.29, 0.717) is 17.1 Å². The summed E-state index contributed by atoms with van der Waals surface area (Å²) in [6.07, 6.45) is 7.63. The second-order valence-electron chi connectivity index (χ2n) is 8.23. The second kappa shape index (κ2) is 9.37. The standard InChI is InChI=1S/C21H33N3O3S/c1-17-8-7-9-18(2)24(17)28(26,27)20-12-10-19(11-13-20)22-21(25)16-23-14-5-3-4-6-15-23/h10-13,17-18H,3-9,14-16H2,1-2H3,(H,22,25)/t17-,18-/m1/s1. The summed E-state index contributed by atoms with van der Waals surface area (Å²) in [5.41, 5.74) is 0.638. The first kappa shape index (κ1) is 21.3. The number of sulfonamides is 1. The minimum absolute atomic E-state index is 0.0155. The van der Waals surface area contributed by atoms with Crippen molar-refractivity contribution in [2.75, 3.05) is 25.0 Å². The molecule has 3 rings (SSSR count). The van der Waals surface area contributed by atoms with Gasteiger partial charge in [-0.2, -0.15) is 4.31 Å². The van der Waals surface area contributed by atoms with Crippen LogP contribution in [0.1, 0.15) is 58.8 Å². The zero-order chi connectivity index (χ0) is 20.1. The molecule has 2 fully saturated rings. The molecular weight excluding hydrogens is 374 g/mol. The van der Waals surface area contributed by atoms with E-state index in [1.54, 1.807) is 28.6 Å². The van der Waals surface area contributed by atoms with Crippen molar-refractivity contribution in [3.05, 3.63) is 24.3 Å². The first-order chi connectivity index (χ1) is 13.4. The van der Waals surface area contributed by atoms with Crippen LogP contribution in [0.2, 0.25) is 0 Å². The molecule has 1 N–H and O–H groups in total. The number of anilines is 1. The zero-order valence-corrected chi connectivity index (χ0v) is 17.9. The number of carbonyl (C=O) groups excluding carboxylic acids is 1. The second-order valence-corrected chi connectivity index (χ2v) is 10.1. The van der Waals surface area contributed by atoms with Crippen molar-refractivity contribution in [2.45, 2.75) is 75.8 Å². The number of benzene rings is 1. The fourth-order valence-electron chi connectivity index (χ4n) is 4.40. The van der Waals surface area contributed by atoms with Crippen molar-refractivity contribution in [1.29, 1.82) is 0 Å². The summed E-state index contributed by atoms with van der Waals surface area (Å²) in [5.74, 6) is -0.0456. The summed E-state index contributed by atoms with van der Waals surface area (Å²) in [7, 11) is -3.52. The Morgan fingerprint density at radius 2 is 1.54 bits per heavy atom. The van der Waals surface area contributed by atoms with E-state index >= 15 is 0 Å². The number of amides is 1. The van der Waals surface area contributed by atoms with Crippen molar-refractivity contribution < 1.29 is 13.2 Å². The molecule has 2 aliphatic heterocycles. The third-order valence-electron chi connectivity index (χ3n) is 5.89. The molecule has 0 unspecified atom stereocenters. The smallest absolute Gasteiger partial charge is 0.243 e. The predicted octanol–water partition coefficient (Wildman–Crippen LogP) is 3.45. The number of hydrogen-bond donors (Lipinski definition) is 1. The van der Waals surface area contributed by atoms with Crippen LogP contribution in [0, 0.1) is 0 Å². The SMILES string of the molecule is C[C@@H]1CCC[C@@H](C)N1S(=O)(=O)c1ccc(NC(=O)CN2CCCCCC2)cc1. The summed E-state index contributed by atoms with van der Waals surface area (Å²) >= 11 is 0. The van der Waals surface area contributed by atoms with Crippen LogP contribution in [0.15, 0.2) is 29.2 Å². The summed E-state index contributed by atoms with van der Waals surface area (Å²) in [5, 5.41) is 2.90. The summed E-state index contributed by atoms with van der Waals surface area (Å²) in [6, 6.07) is 6.61. The fraction of sp³-hybridized carbons (Fsp3) is 0.667. The maximum absolute atomic E-state index is 13.1. The Hall–Kier alpha value is -1.44. The van der Waals surface area contributed by atoms with Gasteiger partial charge in [0.05, 0.1) is 11.4 Å². The van der Waals surface area contributed by atoms with Gasteiger partial charge in [0.1, 0.15) is 0 Å². The zero-order valence-electron chi connectivity index (χ0n) is 17.1. The highest BCUT2D eigenvalue weighted by Gasteiger charge is 2.35. The Morgan fingerprint density at radius 3 is 2.11 bits per heavy atom. The lowest BCUT2D eigenvalue weighted by atomic mass is 10.0. The monoisotopic (exact) mass is 407 g/mol. The molecule has 0 saturated carbocycles. The Balaban J connectivity index is 1.63. The van der Waals surface area contributed by atoms with Gasteiger partial charge in [0.25, 0.3) is 0 Å². The molecule has 6 nitrogen and oxygen atoms in total. The molecular formula is C21H33N3O3S. The molecule has 1 amide bonds. The quantitative estimate of drug-likeness (QED) is 0.812. The van der Waals surface area contributed by atoms with Crippen LogP contribution in [-0.4, -0.2) is 55.2 Å². The van der Waals surface area contributed by atoms with Gasteiger partial charge in [-0.25, -0.2) is 8.42 Å². The van der Waals surface area contributed by atoms with E-state index in [4.69, 9.17) is 0 Å². The van der Waals surface area contributed by atoms with E-state index in [1.165, 1.54) is 12.8 Å². The highest BCUT2D eigenvalue weighted by Crippen LogP contribution is 2.29. The molecule has 0 radical (unpaired) electrons. The third kappa shape index (κ3) is 5.13. The van der Waals surface area contributed by atoms with Gasteiger partial charge >= 0.3 is 0 Å². The molecule has 1 aromatic carbocycles. The number of piperidine rings is 1. The predicted molar refractivity (Wildman–Crippen MR) is 112 cm³/mol. The highest BCUT2D eigenvalue weighted by molar-refractivity contribution is 7.89. The lowest BCUT2D eigenvalue weighted by Gasteiger charge is -2.37. The van der Waals surface area contributed by atoms with Crippen LogP contribution >= 0.6 is 0 Å². The van der Waals surface area contributed by atoms with Crippen LogP contribution < -0.4 is 5.32 Å². The van der Waals surface area contributed by atoms with E-state index < -0.39 is 10.0 Å². The molecule has 7 heteroatoms. The van der Waals surface area contributed by atoms with Crippen LogP contribution in [0.3, 0.4) is 0 Å². The molecule has 156 valence electrons. The van der Waals surface area contributed by atoms with Crippen LogP contribution in [0.5, 0.6) is 0 Å². The first-order valence-electron chi connectivity index (χ1n) is 10.5. The summed E-state index contributed by atoms with van der Waals surface area (Å²) in [4.78, 5) is 14.8.